The van der Waals surface area contributed by atoms with E-state index in [1.165, 1.54) is 6.07 Å². The van der Waals surface area contributed by atoms with Crippen molar-refractivity contribution in [1.82, 2.24) is 9.88 Å². The van der Waals surface area contributed by atoms with Crippen molar-refractivity contribution in [3.8, 4) is 17.1 Å². The average Bonchev–Trinajstić information content (AvgIpc) is 3.23. The van der Waals surface area contributed by atoms with Gasteiger partial charge in [0.1, 0.15) is 5.75 Å². The van der Waals surface area contributed by atoms with Gasteiger partial charge in [-0.15, -0.1) is 0 Å². The normalized spacial score (nSPS) is 14.7. The summed E-state index contributed by atoms with van der Waals surface area (Å²) in [6, 6.07) is 14.5. The Kier molecular flexibility index (Phi) is 5.44. The molecule has 0 bridgehead atoms. The second kappa shape index (κ2) is 8.32. The maximum Gasteiger partial charge on any atom is 0.271 e. The molecule has 2 heterocycles. The van der Waals surface area contributed by atoms with Crippen LogP contribution in [0.5, 0.6) is 5.75 Å². The monoisotopic (exact) mass is 394 g/mol. The van der Waals surface area contributed by atoms with Gasteiger partial charge in [-0.05, 0) is 30.3 Å². The van der Waals surface area contributed by atoms with Crippen LogP contribution in [0.3, 0.4) is 0 Å². The summed E-state index contributed by atoms with van der Waals surface area (Å²) in [7, 11) is 1.64. The lowest BCUT2D eigenvalue weighted by molar-refractivity contribution is -0.384. The molecule has 0 atom stereocenters. The summed E-state index contributed by atoms with van der Waals surface area (Å²) in [5, 5.41) is 11.0. The van der Waals surface area contributed by atoms with Gasteiger partial charge in [-0.1, -0.05) is 6.07 Å². The van der Waals surface area contributed by atoms with Crippen LogP contribution in [0.1, 0.15) is 5.89 Å². The summed E-state index contributed by atoms with van der Waals surface area (Å²) in [5.74, 6) is 2.22. The van der Waals surface area contributed by atoms with Crippen molar-refractivity contribution in [3.63, 3.8) is 0 Å². The summed E-state index contributed by atoms with van der Waals surface area (Å²) in [6.07, 6.45) is 1.75. The van der Waals surface area contributed by atoms with Gasteiger partial charge in [0.05, 0.1) is 24.8 Å². The molecule has 1 aliphatic rings. The van der Waals surface area contributed by atoms with Crippen molar-refractivity contribution >= 4 is 11.4 Å². The first-order valence-corrected chi connectivity index (χ1v) is 9.43. The summed E-state index contributed by atoms with van der Waals surface area (Å²) in [6.45, 7) is 3.91. The van der Waals surface area contributed by atoms with Crippen LogP contribution in [0, 0.1) is 10.1 Å². The summed E-state index contributed by atoms with van der Waals surface area (Å²) in [4.78, 5) is 19.5. The highest BCUT2D eigenvalue weighted by Gasteiger charge is 2.20. The molecule has 4 rings (SSSR count). The van der Waals surface area contributed by atoms with Crippen molar-refractivity contribution in [3.05, 3.63) is 70.7 Å². The molecule has 0 aliphatic carbocycles. The molecule has 0 N–H and O–H groups in total. The number of nitrogens with zero attached hydrogens (tertiary/aromatic N) is 4. The molecule has 1 aromatic heterocycles. The molecule has 1 fully saturated rings. The van der Waals surface area contributed by atoms with Crippen LogP contribution >= 0.6 is 0 Å². The van der Waals surface area contributed by atoms with E-state index in [9.17, 15) is 10.1 Å². The summed E-state index contributed by atoms with van der Waals surface area (Å²) in [5.41, 5.74) is 1.97. The van der Waals surface area contributed by atoms with Gasteiger partial charge in [-0.25, -0.2) is 4.98 Å². The number of nitro groups is 1. The molecule has 150 valence electrons. The average molecular weight is 394 g/mol. The predicted octanol–water partition coefficient (Wildman–Crippen LogP) is 3.58. The number of hydrogen-bond donors (Lipinski definition) is 0. The quantitative estimate of drug-likeness (QED) is 0.467. The number of methoxy groups -OCH3 is 1. The molecule has 0 amide bonds. The number of hydrogen-bond acceptors (Lipinski definition) is 7. The fraction of sp³-hybridized carbons (Fsp3) is 0.286. The Morgan fingerprint density at radius 1 is 1.14 bits per heavy atom. The highest BCUT2D eigenvalue weighted by atomic mass is 16.6. The summed E-state index contributed by atoms with van der Waals surface area (Å²) >= 11 is 0. The van der Waals surface area contributed by atoms with E-state index in [-0.39, 0.29) is 10.6 Å². The van der Waals surface area contributed by atoms with E-state index in [0.29, 0.717) is 12.4 Å². The number of oxazole rings is 1. The molecule has 29 heavy (non-hydrogen) atoms. The third-order valence-electron chi connectivity index (χ3n) is 5.06. The van der Waals surface area contributed by atoms with Crippen LogP contribution < -0.4 is 9.64 Å². The third-order valence-corrected chi connectivity index (χ3v) is 5.06. The molecule has 1 saturated heterocycles. The van der Waals surface area contributed by atoms with Gasteiger partial charge >= 0.3 is 0 Å². The second-order valence-corrected chi connectivity index (χ2v) is 6.89. The van der Waals surface area contributed by atoms with E-state index in [0.717, 1.165) is 48.9 Å². The van der Waals surface area contributed by atoms with Crippen molar-refractivity contribution in [2.75, 3.05) is 38.2 Å². The Bertz CT molecular complexity index is 978. The smallest absolute Gasteiger partial charge is 0.271 e. The maximum atomic E-state index is 11.0. The van der Waals surface area contributed by atoms with Gasteiger partial charge < -0.3 is 14.1 Å². The molecule has 0 unspecified atom stereocenters. The molecule has 2 aromatic carbocycles. The molecule has 0 radical (unpaired) electrons. The Labute approximate surface area is 168 Å². The fourth-order valence-corrected chi connectivity index (χ4v) is 3.43. The molecule has 0 saturated carbocycles. The Balaban J connectivity index is 1.35. The Morgan fingerprint density at radius 2 is 1.90 bits per heavy atom. The lowest BCUT2D eigenvalue weighted by Gasteiger charge is -2.35. The first kappa shape index (κ1) is 18.9. The maximum absolute atomic E-state index is 11.0. The van der Waals surface area contributed by atoms with E-state index in [1.54, 1.807) is 25.4 Å². The number of piperazine rings is 1. The zero-order valence-electron chi connectivity index (χ0n) is 16.2. The van der Waals surface area contributed by atoms with E-state index in [1.807, 2.05) is 30.3 Å². The Hall–Kier alpha value is -3.39. The fourth-order valence-electron chi connectivity index (χ4n) is 3.43. The summed E-state index contributed by atoms with van der Waals surface area (Å²) < 4.78 is 11.1. The molecular weight excluding hydrogens is 372 g/mol. The third kappa shape index (κ3) is 4.38. The minimum Gasteiger partial charge on any atom is -0.497 e. The Morgan fingerprint density at radius 3 is 2.59 bits per heavy atom. The van der Waals surface area contributed by atoms with Crippen molar-refractivity contribution in [2.45, 2.75) is 6.54 Å². The lowest BCUT2D eigenvalue weighted by atomic mass is 10.2. The number of nitro benzene ring substituents is 1. The first-order valence-electron chi connectivity index (χ1n) is 9.43. The number of non-ortho nitro benzene ring substituents is 1. The number of rotatable bonds is 6. The topological polar surface area (TPSA) is 84.9 Å². The highest BCUT2D eigenvalue weighted by molar-refractivity contribution is 5.57. The van der Waals surface area contributed by atoms with Crippen LogP contribution in [0.4, 0.5) is 11.4 Å². The van der Waals surface area contributed by atoms with Gasteiger partial charge in [0.25, 0.3) is 5.69 Å². The zero-order chi connectivity index (χ0) is 20.2. The largest absolute Gasteiger partial charge is 0.497 e. The molecule has 1 aliphatic heterocycles. The SMILES string of the molecule is COc1ccc(-c2cnc(CN3CCN(c4cccc([N+](=O)[O-])c4)CC3)o2)cc1. The van der Waals surface area contributed by atoms with Crippen molar-refractivity contribution in [1.29, 1.82) is 0 Å². The number of anilines is 1. The van der Waals surface area contributed by atoms with Gasteiger partial charge in [0.2, 0.25) is 5.89 Å². The van der Waals surface area contributed by atoms with Gasteiger partial charge in [0.15, 0.2) is 5.76 Å². The van der Waals surface area contributed by atoms with Crippen molar-refractivity contribution < 1.29 is 14.1 Å². The second-order valence-electron chi connectivity index (χ2n) is 6.89. The number of ether oxygens (including phenoxy) is 1. The standard InChI is InChI=1S/C21H22N4O4/c1-28-19-7-5-16(6-8-19)20-14-22-21(29-20)15-23-9-11-24(12-10-23)17-3-2-4-18(13-17)25(26)27/h2-8,13-14H,9-12,15H2,1H3. The predicted molar refractivity (Wildman–Crippen MR) is 109 cm³/mol. The minimum absolute atomic E-state index is 0.121. The van der Waals surface area contributed by atoms with E-state index in [2.05, 4.69) is 14.8 Å². The van der Waals surface area contributed by atoms with Gasteiger partial charge in [-0.3, -0.25) is 15.0 Å². The van der Waals surface area contributed by atoms with Gasteiger partial charge in [-0.2, -0.15) is 0 Å². The molecule has 3 aromatic rings. The molecular formula is C21H22N4O4. The van der Waals surface area contributed by atoms with Crippen LogP contribution in [0.2, 0.25) is 0 Å². The lowest BCUT2D eigenvalue weighted by Crippen LogP contribution is -2.46. The zero-order valence-corrected chi connectivity index (χ0v) is 16.2. The van der Waals surface area contributed by atoms with Crippen LogP contribution in [-0.2, 0) is 6.54 Å². The first-order chi connectivity index (χ1) is 14.1. The van der Waals surface area contributed by atoms with Crippen LogP contribution in [-0.4, -0.2) is 48.1 Å². The van der Waals surface area contributed by atoms with E-state index < -0.39 is 0 Å². The van der Waals surface area contributed by atoms with Crippen molar-refractivity contribution in [2.24, 2.45) is 0 Å². The van der Waals surface area contributed by atoms with Gasteiger partial charge in [0, 0.05) is 49.6 Å². The van der Waals surface area contributed by atoms with Crippen LogP contribution in [0.15, 0.2) is 59.1 Å². The number of aromatic nitrogens is 1. The molecule has 0 spiro atoms. The van der Waals surface area contributed by atoms with E-state index >= 15 is 0 Å². The number of benzene rings is 2. The van der Waals surface area contributed by atoms with Crippen LogP contribution in [0.25, 0.3) is 11.3 Å². The van der Waals surface area contributed by atoms with E-state index in [4.69, 9.17) is 9.15 Å². The molecule has 8 nitrogen and oxygen atoms in total. The molecule has 8 heteroatoms. The minimum atomic E-state index is -0.358. The highest BCUT2D eigenvalue weighted by Crippen LogP contribution is 2.25.